The van der Waals surface area contributed by atoms with E-state index in [-0.39, 0.29) is 5.75 Å². The quantitative estimate of drug-likeness (QED) is 0.343. The highest BCUT2D eigenvalue weighted by atomic mass is 35.5. The summed E-state index contributed by atoms with van der Waals surface area (Å²) in [5.41, 5.74) is 6.44. The molecular weight excluding hydrogens is 164 g/mol. The third-order valence-corrected chi connectivity index (χ3v) is 1.70. The molecule has 4 N–H and O–H groups in total. The largest absolute Gasteiger partial charge is 0.506 e. The fourth-order valence-electron chi connectivity index (χ4n) is 0.771. The van der Waals surface area contributed by atoms with Crippen molar-refractivity contribution in [1.29, 1.82) is 0 Å². The van der Waals surface area contributed by atoms with Crippen LogP contribution in [0, 0.1) is 0 Å². The minimum Gasteiger partial charge on any atom is -0.506 e. The zero-order chi connectivity index (χ0) is 8.43. The lowest BCUT2D eigenvalue weighted by Gasteiger charge is -2.05. The van der Waals surface area contributed by atoms with E-state index in [0.717, 1.165) is 0 Å². The first-order valence-corrected chi connectivity index (χ1v) is 3.48. The molecule has 0 radical (unpaired) electrons. The normalized spacial score (nSPS) is 9.64. The molecular formula is C7H9ClN2O. The van der Waals surface area contributed by atoms with E-state index in [1.807, 2.05) is 0 Å². The Balaban J connectivity index is 3.21. The van der Waals surface area contributed by atoms with Crippen molar-refractivity contribution in [2.75, 3.05) is 18.1 Å². The van der Waals surface area contributed by atoms with Gasteiger partial charge in [-0.05, 0) is 6.07 Å². The minimum atomic E-state index is 0.00833. The summed E-state index contributed by atoms with van der Waals surface area (Å²) in [7, 11) is 1.73. The maximum absolute atomic E-state index is 9.08. The van der Waals surface area contributed by atoms with Crippen molar-refractivity contribution in [2.45, 2.75) is 0 Å². The Labute approximate surface area is 69.8 Å². The summed E-state index contributed by atoms with van der Waals surface area (Å²) in [6.45, 7) is 0. The summed E-state index contributed by atoms with van der Waals surface area (Å²) in [6, 6.07) is 2.99. The minimum absolute atomic E-state index is 0.00833. The molecule has 60 valence electrons. The molecule has 0 aliphatic heterocycles. The SMILES string of the molecule is CNc1cc(N)c(O)cc1Cl. The topological polar surface area (TPSA) is 58.3 Å². The summed E-state index contributed by atoms with van der Waals surface area (Å²) in [6.07, 6.45) is 0. The molecule has 0 atom stereocenters. The average Bonchev–Trinajstić information content (AvgIpc) is 1.97. The van der Waals surface area contributed by atoms with Crippen molar-refractivity contribution < 1.29 is 5.11 Å². The number of phenols is 1. The van der Waals surface area contributed by atoms with Crippen molar-refractivity contribution in [3.8, 4) is 5.75 Å². The van der Waals surface area contributed by atoms with Gasteiger partial charge in [0.1, 0.15) is 5.75 Å². The Morgan fingerprint density at radius 1 is 1.55 bits per heavy atom. The van der Waals surface area contributed by atoms with Crippen molar-refractivity contribution in [2.24, 2.45) is 0 Å². The zero-order valence-electron chi connectivity index (χ0n) is 6.06. The molecule has 0 aliphatic carbocycles. The third kappa shape index (κ3) is 1.49. The van der Waals surface area contributed by atoms with Gasteiger partial charge in [-0.2, -0.15) is 0 Å². The third-order valence-electron chi connectivity index (χ3n) is 1.39. The number of anilines is 2. The van der Waals surface area contributed by atoms with Gasteiger partial charge in [0.05, 0.1) is 16.4 Å². The second-order valence-corrected chi connectivity index (χ2v) is 2.55. The number of nitrogens with one attached hydrogen (secondary N) is 1. The molecule has 0 saturated heterocycles. The van der Waals surface area contributed by atoms with Crippen LogP contribution in [0.1, 0.15) is 0 Å². The molecule has 11 heavy (non-hydrogen) atoms. The van der Waals surface area contributed by atoms with Crippen molar-refractivity contribution in [1.82, 2.24) is 0 Å². The number of nitrogens with two attached hydrogens (primary N) is 1. The molecule has 4 heteroatoms. The Kier molecular flexibility index (Phi) is 2.10. The lowest BCUT2D eigenvalue weighted by Crippen LogP contribution is -1.92. The molecule has 1 aromatic rings. The first kappa shape index (κ1) is 8.01. The van der Waals surface area contributed by atoms with Crippen LogP contribution in [-0.2, 0) is 0 Å². The van der Waals surface area contributed by atoms with Crippen molar-refractivity contribution in [3.05, 3.63) is 17.2 Å². The van der Waals surface area contributed by atoms with Gasteiger partial charge in [0.25, 0.3) is 0 Å². The number of rotatable bonds is 1. The summed E-state index contributed by atoms with van der Waals surface area (Å²) >= 11 is 5.72. The van der Waals surface area contributed by atoms with Gasteiger partial charge in [-0.25, -0.2) is 0 Å². The predicted molar refractivity (Wildman–Crippen MR) is 47.1 cm³/mol. The van der Waals surface area contributed by atoms with Gasteiger partial charge in [0.2, 0.25) is 0 Å². The van der Waals surface area contributed by atoms with E-state index in [2.05, 4.69) is 5.32 Å². The van der Waals surface area contributed by atoms with Gasteiger partial charge < -0.3 is 16.2 Å². The van der Waals surface area contributed by atoms with Gasteiger partial charge >= 0.3 is 0 Å². The van der Waals surface area contributed by atoms with E-state index in [9.17, 15) is 0 Å². The van der Waals surface area contributed by atoms with Gasteiger partial charge in [-0.1, -0.05) is 11.6 Å². The van der Waals surface area contributed by atoms with Crippen LogP contribution in [0.5, 0.6) is 5.75 Å². The Bertz CT molecular complexity index is 275. The van der Waals surface area contributed by atoms with Crippen LogP contribution in [0.15, 0.2) is 12.1 Å². The van der Waals surface area contributed by atoms with E-state index in [0.29, 0.717) is 16.4 Å². The fourth-order valence-corrected chi connectivity index (χ4v) is 1.02. The molecule has 0 spiro atoms. The predicted octanol–water partition coefficient (Wildman–Crippen LogP) is 1.67. The second-order valence-electron chi connectivity index (χ2n) is 2.14. The zero-order valence-corrected chi connectivity index (χ0v) is 6.81. The lowest BCUT2D eigenvalue weighted by molar-refractivity contribution is 0.478. The standard InChI is InChI=1S/C7H9ClN2O/c1-10-6-3-5(9)7(11)2-4(6)8/h2-3,10-11H,9H2,1H3. The molecule has 0 saturated carbocycles. The Morgan fingerprint density at radius 2 is 2.18 bits per heavy atom. The number of halogens is 1. The van der Waals surface area contributed by atoms with Gasteiger partial charge in [0.15, 0.2) is 0 Å². The van der Waals surface area contributed by atoms with E-state index in [1.54, 1.807) is 13.1 Å². The van der Waals surface area contributed by atoms with E-state index >= 15 is 0 Å². The molecule has 0 aromatic heterocycles. The molecule has 1 rings (SSSR count). The summed E-state index contributed by atoms with van der Waals surface area (Å²) in [4.78, 5) is 0. The monoisotopic (exact) mass is 172 g/mol. The highest BCUT2D eigenvalue weighted by molar-refractivity contribution is 6.33. The fraction of sp³-hybridized carbons (Fsp3) is 0.143. The molecule has 0 heterocycles. The number of phenolic OH excluding ortho intramolecular Hbond substituents is 1. The maximum atomic E-state index is 9.08. The van der Waals surface area contributed by atoms with Crippen LogP contribution in [0.3, 0.4) is 0 Å². The first-order valence-electron chi connectivity index (χ1n) is 3.11. The number of hydrogen-bond acceptors (Lipinski definition) is 3. The molecule has 0 fully saturated rings. The molecule has 0 aliphatic rings. The van der Waals surface area contributed by atoms with E-state index in [1.165, 1.54) is 6.07 Å². The lowest BCUT2D eigenvalue weighted by atomic mass is 10.2. The van der Waals surface area contributed by atoms with Crippen LogP contribution in [0.4, 0.5) is 11.4 Å². The molecule has 3 nitrogen and oxygen atoms in total. The Morgan fingerprint density at radius 3 is 2.73 bits per heavy atom. The maximum Gasteiger partial charge on any atom is 0.140 e. The smallest absolute Gasteiger partial charge is 0.140 e. The van der Waals surface area contributed by atoms with Gasteiger partial charge in [0, 0.05) is 13.1 Å². The van der Waals surface area contributed by atoms with Crippen LogP contribution in [0.25, 0.3) is 0 Å². The highest BCUT2D eigenvalue weighted by Crippen LogP contribution is 2.31. The van der Waals surface area contributed by atoms with Crippen molar-refractivity contribution >= 4 is 23.0 Å². The number of nitrogen functional groups attached to an aromatic ring is 1. The summed E-state index contributed by atoms with van der Waals surface area (Å²) in [5.74, 6) is 0.00833. The molecule has 0 amide bonds. The summed E-state index contributed by atoms with van der Waals surface area (Å²) < 4.78 is 0. The second kappa shape index (κ2) is 2.88. The number of benzene rings is 1. The van der Waals surface area contributed by atoms with Gasteiger partial charge in [-0.15, -0.1) is 0 Å². The Hall–Kier alpha value is -1.09. The molecule has 0 bridgehead atoms. The van der Waals surface area contributed by atoms with Crippen LogP contribution < -0.4 is 11.1 Å². The highest BCUT2D eigenvalue weighted by Gasteiger charge is 2.02. The van der Waals surface area contributed by atoms with E-state index in [4.69, 9.17) is 22.4 Å². The van der Waals surface area contributed by atoms with Crippen LogP contribution >= 0.6 is 11.6 Å². The van der Waals surface area contributed by atoms with Crippen molar-refractivity contribution in [3.63, 3.8) is 0 Å². The van der Waals surface area contributed by atoms with E-state index < -0.39 is 0 Å². The molecule has 0 unspecified atom stereocenters. The van der Waals surface area contributed by atoms with Crippen LogP contribution in [-0.4, -0.2) is 12.2 Å². The van der Waals surface area contributed by atoms with Crippen LogP contribution in [0.2, 0.25) is 5.02 Å². The average molecular weight is 173 g/mol. The molecule has 1 aromatic carbocycles. The number of hydrogen-bond donors (Lipinski definition) is 3. The first-order chi connectivity index (χ1) is 5.15. The van der Waals surface area contributed by atoms with Gasteiger partial charge in [-0.3, -0.25) is 0 Å². The summed E-state index contributed by atoms with van der Waals surface area (Å²) in [5, 5.41) is 12.4. The number of aromatic hydroxyl groups is 1.